The van der Waals surface area contributed by atoms with Crippen molar-refractivity contribution in [2.75, 3.05) is 0 Å². The third-order valence-corrected chi connectivity index (χ3v) is 5.90. The van der Waals surface area contributed by atoms with Crippen molar-refractivity contribution in [1.82, 2.24) is 19.6 Å². The quantitative estimate of drug-likeness (QED) is 0.445. The molecule has 0 amide bonds. The first-order valence-corrected chi connectivity index (χ1v) is 10.5. The highest BCUT2D eigenvalue weighted by atomic mass is 35.5. The number of carbonyl (C=O) groups is 1. The van der Waals surface area contributed by atoms with E-state index in [1.54, 1.807) is 45.9 Å². The SMILES string of the molecule is NCc1cc(-n2ccccc2=O)ccc1-n1cc(CCC(=O)c2ccc(Cl)s2)nn1. The van der Waals surface area contributed by atoms with Gasteiger partial charge < -0.3 is 5.73 Å². The molecule has 0 spiro atoms. The molecule has 2 N–H and O–H groups in total. The van der Waals surface area contributed by atoms with Gasteiger partial charge in [0, 0.05) is 37.3 Å². The number of carbonyl (C=O) groups excluding carboxylic acids is 1. The Kier molecular flexibility index (Phi) is 5.89. The van der Waals surface area contributed by atoms with E-state index in [0.717, 1.165) is 16.9 Å². The second-order valence-corrected chi connectivity index (χ2v) is 8.32. The number of nitrogens with two attached hydrogens (primary N) is 1. The lowest BCUT2D eigenvalue weighted by Gasteiger charge is -2.11. The Morgan fingerprint density at radius 2 is 2.03 bits per heavy atom. The number of pyridine rings is 1. The van der Waals surface area contributed by atoms with Gasteiger partial charge in [0.2, 0.25) is 0 Å². The molecule has 0 bridgehead atoms. The Hall–Kier alpha value is -3.07. The van der Waals surface area contributed by atoms with Crippen molar-refractivity contribution >= 4 is 28.7 Å². The Labute approximate surface area is 181 Å². The van der Waals surface area contributed by atoms with Crippen LogP contribution in [-0.2, 0) is 13.0 Å². The number of benzene rings is 1. The molecule has 0 atom stereocenters. The van der Waals surface area contributed by atoms with Crippen LogP contribution >= 0.6 is 22.9 Å². The molecule has 0 saturated heterocycles. The standard InChI is InChI=1S/C21H18ClN5O2S/c22-20-9-8-19(30-20)18(28)7-4-15-13-27(25-24-15)17-6-5-16(11-14(17)12-23)26-10-2-1-3-21(26)29/h1-3,5-6,8-11,13H,4,7,12,23H2. The summed E-state index contributed by atoms with van der Waals surface area (Å²) in [6.07, 6.45) is 4.31. The Bertz CT molecular complexity index is 1260. The van der Waals surface area contributed by atoms with Crippen LogP contribution in [0.5, 0.6) is 0 Å². The summed E-state index contributed by atoms with van der Waals surface area (Å²) >= 11 is 7.17. The van der Waals surface area contributed by atoms with E-state index in [2.05, 4.69) is 10.3 Å². The predicted octanol–water partition coefficient (Wildman–Crippen LogP) is 3.41. The zero-order valence-corrected chi connectivity index (χ0v) is 17.4. The number of nitrogens with zero attached hydrogens (tertiary/aromatic N) is 4. The lowest BCUT2D eigenvalue weighted by atomic mass is 10.1. The fraction of sp³-hybridized carbons (Fsp3) is 0.143. The lowest BCUT2D eigenvalue weighted by molar-refractivity contribution is 0.0986. The van der Waals surface area contributed by atoms with E-state index in [-0.39, 0.29) is 17.9 Å². The molecule has 3 heterocycles. The van der Waals surface area contributed by atoms with Crippen molar-refractivity contribution in [2.45, 2.75) is 19.4 Å². The Balaban J connectivity index is 1.53. The van der Waals surface area contributed by atoms with Crippen LogP contribution in [0.25, 0.3) is 11.4 Å². The normalized spacial score (nSPS) is 11.0. The van der Waals surface area contributed by atoms with Crippen LogP contribution in [0, 0.1) is 0 Å². The summed E-state index contributed by atoms with van der Waals surface area (Å²) in [5, 5.41) is 8.36. The molecule has 1 aromatic carbocycles. The summed E-state index contributed by atoms with van der Waals surface area (Å²) in [5.74, 6) is 0.0294. The minimum atomic E-state index is -0.118. The van der Waals surface area contributed by atoms with E-state index in [4.69, 9.17) is 17.3 Å². The Morgan fingerprint density at radius 1 is 1.17 bits per heavy atom. The summed E-state index contributed by atoms with van der Waals surface area (Å²) < 4.78 is 3.79. The van der Waals surface area contributed by atoms with Gasteiger partial charge in [0.05, 0.1) is 26.8 Å². The molecule has 7 nitrogen and oxygen atoms in total. The van der Waals surface area contributed by atoms with Crippen LogP contribution < -0.4 is 11.3 Å². The molecule has 3 aromatic heterocycles. The van der Waals surface area contributed by atoms with Crippen molar-refractivity contribution in [2.24, 2.45) is 5.73 Å². The molecule has 30 heavy (non-hydrogen) atoms. The molecule has 0 unspecified atom stereocenters. The first kappa shape index (κ1) is 20.2. The van der Waals surface area contributed by atoms with E-state index >= 15 is 0 Å². The minimum Gasteiger partial charge on any atom is -0.326 e. The summed E-state index contributed by atoms with van der Waals surface area (Å²) in [7, 11) is 0. The molecule has 0 aliphatic carbocycles. The molecule has 0 aliphatic heterocycles. The number of thiophene rings is 1. The molecule has 4 aromatic rings. The van der Waals surface area contributed by atoms with Gasteiger partial charge in [0.25, 0.3) is 5.56 Å². The van der Waals surface area contributed by atoms with Crippen molar-refractivity contribution in [1.29, 1.82) is 0 Å². The van der Waals surface area contributed by atoms with E-state index in [9.17, 15) is 9.59 Å². The number of halogens is 1. The van der Waals surface area contributed by atoms with E-state index in [0.29, 0.717) is 27.7 Å². The highest BCUT2D eigenvalue weighted by Crippen LogP contribution is 2.23. The topological polar surface area (TPSA) is 95.8 Å². The average molecular weight is 440 g/mol. The molecule has 0 aliphatic rings. The van der Waals surface area contributed by atoms with Crippen molar-refractivity contribution in [3.05, 3.63) is 91.7 Å². The lowest BCUT2D eigenvalue weighted by Crippen LogP contribution is -2.16. The average Bonchev–Trinajstić information content (AvgIpc) is 3.41. The van der Waals surface area contributed by atoms with Crippen molar-refractivity contribution in [3.63, 3.8) is 0 Å². The van der Waals surface area contributed by atoms with E-state index in [1.165, 1.54) is 17.4 Å². The highest BCUT2D eigenvalue weighted by Gasteiger charge is 2.13. The van der Waals surface area contributed by atoms with Gasteiger partial charge in [-0.15, -0.1) is 16.4 Å². The summed E-state index contributed by atoms with van der Waals surface area (Å²) in [4.78, 5) is 25.0. The molecular formula is C21H18ClN5O2S. The molecule has 0 radical (unpaired) electrons. The molecule has 9 heteroatoms. The third-order valence-electron chi connectivity index (χ3n) is 4.63. The number of hydrogen-bond donors (Lipinski definition) is 1. The largest absolute Gasteiger partial charge is 0.326 e. The van der Waals surface area contributed by atoms with Crippen LogP contribution in [0.2, 0.25) is 4.34 Å². The van der Waals surface area contributed by atoms with Gasteiger partial charge in [-0.05, 0) is 42.0 Å². The van der Waals surface area contributed by atoms with Gasteiger partial charge >= 0.3 is 0 Å². The summed E-state index contributed by atoms with van der Waals surface area (Å²) in [6.45, 7) is 0.275. The molecular weight excluding hydrogens is 422 g/mol. The first-order valence-electron chi connectivity index (χ1n) is 9.26. The maximum atomic E-state index is 12.3. The highest BCUT2D eigenvalue weighted by molar-refractivity contribution is 7.18. The number of Topliss-reactive ketones (excluding diaryl/α,β-unsaturated/α-hetero) is 1. The second-order valence-electron chi connectivity index (χ2n) is 6.61. The van der Waals surface area contributed by atoms with Crippen LogP contribution in [0.1, 0.15) is 27.3 Å². The number of aryl methyl sites for hydroxylation is 1. The molecule has 0 saturated carbocycles. The predicted molar refractivity (Wildman–Crippen MR) is 117 cm³/mol. The maximum absolute atomic E-state index is 12.3. The number of hydrogen-bond acceptors (Lipinski definition) is 6. The zero-order chi connectivity index (χ0) is 21.1. The van der Waals surface area contributed by atoms with Gasteiger partial charge in [-0.3, -0.25) is 14.2 Å². The fourth-order valence-corrected chi connectivity index (χ4v) is 4.12. The van der Waals surface area contributed by atoms with Gasteiger partial charge in [0.15, 0.2) is 5.78 Å². The van der Waals surface area contributed by atoms with Crippen LogP contribution in [0.4, 0.5) is 0 Å². The summed E-state index contributed by atoms with van der Waals surface area (Å²) in [6, 6.07) is 14.0. The number of aromatic nitrogens is 4. The smallest absolute Gasteiger partial charge is 0.255 e. The molecule has 152 valence electrons. The molecule has 0 fully saturated rings. The van der Waals surface area contributed by atoms with Crippen molar-refractivity contribution in [3.8, 4) is 11.4 Å². The van der Waals surface area contributed by atoms with Crippen molar-refractivity contribution < 1.29 is 4.79 Å². The van der Waals surface area contributed by atoms with Gasteiger partial charge in [-0.25, -0.2) is 4.68 Å². The maximum Gasteiger partial charge on any atom is 0.255 e. The first-order chi connectivity index (χ1) is 14.5. The molecule has 4 rings (SSSR count). The zero-order valence-electron chi connectivity index (χ0n) is 15.9. The van der Waals surface area contributed by atoms with E-state index < -0.39 is 0 Å². The monoisotopic (exact) mass is 439 g/mol. The number of rotatable bonds is 7. The summed E-state index contributed by atoms with van der Waals surface area (Å²) in [5.41, 5.74) is 8.86. The minimum absolute atomic E-state index is 0.0294. The fourth-order valence-electron chi connectivity index (χ4n) is 3.11. The van der Waals surface area contributed by atoms with E-state index in [1.807, 2.05) is 18.2 Å². The second kappa shape index (κ2) is 8.74. The van der Waals surface area contributed by atoms with Crippen LogP contribution in [0.3, 0.4) is 0 Å². The van der Waals surface area contributed by atoms with Gasteiger partial charge in [0.1, 0.15) is 0 Å². The van der Waals surface area contributed by atoms with Crippen LogP contribution in [-0.4, -0.2) is 25.3 Å². The van der Waals surface area contributed by atoms with Gasteiger partial charge in [-0.1, -0.05) is 22.9 Å². The van der Waals surface area contributed by atoms with Crippen LogP contribution in [0.15, 0.2) is 65.7 Å². The van der Waals surface area contributed by atoms with Gasteiger partial charge in [-0.2, -0.15) is 0 Å². The number of ketones is 1. The Morgan fingerprint density at radius 3 is 2.77 bits per heavy atom. The third kappa shape index (κ3) is 4.25.